The van der Waals surface area contributed by atoms with Crippen LogP contribution in [0.25, 0.3) is 11.4 Å². The van der Waals surface area contributed by atoms with Crippen LogP contribution in [0.5, 0.6) is 5.75 Å². The molecule has 29 heavy (non-hydrogen) atoms. The van der Waals surface area contributed by atoms with E-state index in [-0.39, 0.29) is 5.38 Å². The molecule has 1 heterocycles. The van der Waals surface area contributed by atoms with Gasteiger partial charge in [-0.1, -0.05) is 58.3 Å². The van der Waals surface area contributed by atoms with Crippen molar-refractivity contribution in [3.05, 3.63) is 42.2 Å². The van der Waals surface area contributed by atoms with E-state index in [4.69, 9.17) is 16.3 Å². The number of benzene rings is 1. The third kappa shape index (κ3) is 10.1. The smallest absolute Gasteiger partial charge is 0.159 e. The second-order valence-corrected chi connectivity index (χ2v) is 8.68. The molecule has 0 aliphatic carbocycles. The number of halogens is 1. The summed E-state index contributed by atoms with van der Waals surface area (Å²) in [5.74, 6) is 1.62. The normalized spacial score (nSPS) is 12.1. The van der Waals surface area contributed by atoms with Crippen molar-refractivity contribution >= 4 is 11.6 Å². The minimum atomic E-state index is 0.136. The van der Waals surface area contributed by atoms with Gasteiger partial charge in [0.2, 0.25) is 0 Å². The van der Waals surface area contributed by atoms with Gasteiger partial charge in [0.05, 0.1) is 6.61 Å². The van der Waals surface area contributed by atoms with E-state index in [0.29, 0.717) is 6.61 Å². The second kappa shape index (κ2) is 14.4. The van der Waals surface area contributed by atoms with Crippen molar-refractivity contribution in [3.63, 3.8) is 0 Å². The maximum Gasteiger partial charge on any atom is 0.159 e. The molecule has 0 N–H and O–H groups in total. The van der Waals surface area contributed by atoms with Gasteiger partial charge in [0.1, 0.15) is 5.75 Å². The molecule has 2 aromatic rings. The van der Waals surface area contributed by atoms with Gasteiger partial charge in [-0.2, -0.15) is 0 Å². The Morgan fingerprint density at radius 3 is 2.03 bits per heavy atom. The van der Waals surface area contributed by atoms with Crippen molar-refractivity contribution < 1.29 is 4.74 Å². The van der Waals surface area contributed by atoms with Crippen LogP contribution >= 0.6 is 11.6 Å². The van der Waals surface area contributed by atoms with Gasteiger partial charge in [-0.3, -0.25) is 0 Å². The Bertz CT molecular complexity index is 656. The fraction of sp³-hybridized carbons (Fsp3) is 0.600. The molecule has 160 valence electrons. The Labute approximate surface area is 182 Å². The van der Waals surface area contributed by atoms with Gasteiger partial charge in [0.15, 0.2) is 5.82 Å². The van der Waals surface area contributed by atoms with E-state index in [0.717, 1.165) is 30.0 Å². The number of alkyl halides is 1. The Morgan fingerprint density at radius 1 is 0.862 bits per heavy atom. The quantitative estimate of drug-likeness (QED) is 0.221. The molecule has 0 aliphatic rings. The van der Waals surface area contributed by atoms with E-state index >= 15 is 0 Å². The molecule has 0 amide bonds. The minimum Gasteiger partial charge on any atom is -0.494 e. The number of hydrogen-bond acceptors (Lipinski definition) is 3. The topological polar surface area (TPSA) is 35.0 Å². The van der Waals surface area contributed by atoms with Crippen molar-refractivity contribution in [1.29, 1.82) is 0 Å². The monoisotopic (exact) mass is 416 g/mol. The van der Waals surface area contributed by atoms with Crippen LogP contribution in [0.3, 0.4) is 0 Å². The third-order valence-electron chi connectivity index (χ3n) is 5.17. The number of unbranched alkanes of at least 4 members (excludes halogenated alkanes) is 8. The van der Waals surface area contributed by atoms with Crippen LogP contribution in [-0.2, 0) is 6.42 Å². The SMILES string of the molecule is CCCCCCCCCCCc1cnc(-c2ccc(OCCC(C)Cl)cc2)nc1. The number of aryl methyl sites for hydroxylation is 1. The summed E-state index contributed by atoms with van der Waals surface area (Å²) in [6, 6.07) is 7.95. The van der Waals surface area contributed by atoms with E-state index in [1.807, 2.05) is 43.6 Å². The molecule has 0 spiro atoms. The van der Waals surface area contributed by atoms with Crippen LogP contribution in [0.4, 0.5) is 0 Å². The molecule has 1 atom stereocenters. The Kier molecular flexibility index (Phi) is 11.7. The van der Waals surface area contributed by atoms with Crippen LogP contribution in [0.15, 0.2) is 36.7 Å². The Morgan fingerprint density at radius 2 is 1.45 bits per heavy atom. The lowest BCUT2D eigenvalue weighted by Gasteiger charge is -2.08. The molecular weight excluding hydrogens is 380 g/mol. The van der Waals surface area contributed by atoms with Crippen molar-refractivity contribution in [2.45, 2.75) is 89.9 Å². The summed E-state index contributed by atoms with van der Waals surface area (Å²) in [5.41, 5.74) is 2.24. The average molecular weight is 417 g/mol. The number of nitrogens with zero attached hydrogens (tertiary/aromatic N) is 2. The molecule has 3 nitrogen and oxygen atoms in total. The highest BCUT2D eigenvalue weighted by Crippen LogP contribution is 2.20. The molecule has 0 saturated heterocycles. The van der Waals surface area contributed by atoms with Crippen LogP contribution in [0.1, 0.15) is 83.6 Å². The number of ether oxygens (including phenoxy) is 1. The number of aromatic nitrogens is 2. The van der Waals surface area contributed by atoms with Crippen LogP contribution in [0, 0.1) is 0 Å². The number of hydrogen-bond donors (Lipinski definition) is 0. The lowest BCUT2D eigenvalue weighted by molar-refractivity contribution is 0.310. The van der Waals surface area contributed by atoms with Gasteiger partial charge in [0, 0.05) is 23.3 Å². The maximum absolute atomic E-state index is 5.94. The summed E-state index contributed by atoms with van der Waals surface area (Å²) >= 11 is 5.94. The van der Waals surface area contributed by atoms with Crippen molar-refractivity contribution in [2.75, 3.05) is 6.61 Å². The maximum atomic E-state index is 5.94. The summed E-state index contributed by atoms with van der Waals surface area (Å²) < 4.78 is 5.70. The van der Waals surface area contributed by atoms with Crippen molar-refractivity contribution in [3.8, 4) is 17.1 Å². The lowest BCUT2D eigenvalue weighted by Crippen LogP contribution is -2.03. The first-order chi connectivity index (χ1) is 14.2. The van der Waals surface area contributed by atoms with E-state index in [1.54, 1.807) is 0 Å². The van der Waals surface area contributed by atoms with Gasteiger partial charge in [0.25, 0.3) is 0 Å². The first kappa shape index (κ1) is 23.7. The summed E-state index contributed by atoms with van der Waals surface area (Å²) in [5, 5.41) is 0.136. The Balaban J connectivity index is 1.66. The van der Waals surface area contributed by atoms with E-state index in [2.05, 4.69) is 16.9 Å². The molecule has 1 aromatic carbocycles. The van der Waals surface area contributed by atoms with E-state index in [1.165, 1.54) is 63.4 Å². The highest BCUT2D eigenvalue weighted by molar-refractivity contribution is 6.20. The summed E-state index contributed by atoms with van der Waals surface area (Å²) in [6.45, 7) is 4.88. The molecule has 1 unspecified atom stereocenters. The van der Waals surface area contributed by atoms with Gasteiger partial charge in [-0.25, -0.2) is 9.97 Å². The first-order valence-electron chi connectivity index (χ1n) is 11.4. The van der Waals surface area contributed by atoms with Crippen molar-refractivity contribution in [2.24, 2.45) is 0 Å². The summed E-state index contributed by atoms with van der Waals surface area (Å²) in [7, 11) is 0. The summed E-state index contributed by atoms with van der Waals surface area (Å²) in [4.78, 5) is 9.10. The van der Waals surface area contributed by atoms with Gasteiger partial charge < -0.3 is 4.74 Å². The molecule has 0 aliphatic heterocycles. The fourth-order valence-corrected chi connectivity index (χ4v) is 3.40. The first-order valence-corrected chi connectivity index (χ1v) is 11.8. The molecule has 0 fully saturated rings. The zero-order valence-corrected chi connectivity index (χ0v) is 19.0. The third-order valence-corrected chi connectivity index (χ3v) is 5.39. The predicted molar refractivity (Wildman–Crippen MR) is 124 cm³/mol. The Hall–Kier alpha value is -1.61. The largest absolute Gasteiger partial charge is 0.494 e. The second-order valence-electron chi connectivity index (χ2n) is 7.94. The van der Waals surface area contributed by atoms with Gasteiger partial charge in [-0.05, 0) is 56.0 Å². The highest BCUT2D eigenvalue weighted by atomic mass is 35.5. The standard InChI is InChI=1S/C25H37ClN2O/c1-3-4-5-6-7-8-9-10-11-12-22-19-27-25(28-20-22)23-13-15-24(16-14-23)29-18-17-21(2)26/h13-16,19-21H,3-12,17-18H2,1-2H3. The van der Waals surface area contributed by atoms with Gasteiger partial charge >= 0.3 is 0 Å². The zero-order chi connectivity index (χ0) is 20.7. The zero-order valence-electron chi connectivity index (χ0n) is 18.2. The average Bonchev–Trinajstić information content (AvgIpc) is 2.73. The van der Waals surface area contributed by atoms with E-state index < -0.39 is 0 Å². The molecular formula is C25H37ClN2O. The van der Waals surface area contributed by atoms with Crippen LogP contribution < -0.4 is 4.74 Å². The lowest BCUT2D eigenvalue weighted by atomic mass is 10.1. The molecule has 1 aromatic heterocycles. The highest BCUT2D eigenvalue weighted by Gasteiger charge is 2.04. The number of rotatable bonds is 15. The molecule has 0 bridgehead atoms. The van der Waals surface area contributed by atoms with Crippen LogP contribution in [-0.4, -0.2) is 22.0 Å². The summed E-state index contributed by atoms with van der Waals surface area (Å²) in [6.07, 6.45) is 18.0. The molecule has 0 saturated carbocycles. The van der Waals surface area contributed by atoms with Crippen LogP contribution in [0.2, 0.25) is 0 Å². The molecule has 4 heteroatoms. The minimum absolute atomic E-state index is 0.136. The van der Waals surface area contributed by atoms with E-state index in [9.17, 15) is 0 Å². The fourth-order valence-electron chi connectivity index (χ4n) is 3.31. The predicted octanol–water partition coefficient (Wildman–Crippen LogP) is 7.61. The van der Waals surface area contributed by atoms with Crippen molar-refractivity contribution in [1.82, 2.24) is 9.97 Å². The molecule has 0 radical (unpaired) electrons. The molecule has 2 rings (SSSR count). The van der Waals surface area contributed by atoms with Gasteiger partial charge in [-0.15, -0.1) is 11.6 Å².